The Labute approximate surface area is 106 Å². The first-order valence-electron chi connectivity index (χ1n) is 5.39. The summed E-state index contributed by atoms with van der Waals surface area (Å²) in [6.45, 7) is 1.72. The summed E-state index contributed by atoms with van der Waals surface area (Å²) in [6, 6.07) is 2.12. The summed E-state index contributed by atoms with van der Waals surface area (Å²) in [4.78, 5) is 16.5. The summed E-state index contributed by atoms with van der Waals surface area (Å²) in [7, 11) is -1.92. The van der Waals surface area contributed by atoms with Gasteiger partial charge in [0.1, 0.15) is 16.8 Å². The van der Waals surface area contributed by atoms with Crippen LogP contribution in [-0.4, -0.2) is 43.8 Å². The maximum absolute atomic E-state index is 11.6. The Morgan fingerprint density at radius 3 is 2.61 bits per heavy atom. The molecular formula is C11H16N2O4S. The van der Waals surface area contributed by atoms with Gasteiger partial charge in [-0.05, 0) is 18.6 Å². The van der Waals surface area contributed by atoms with Crippen LogP contribution in [0.1, 0.15) is 13.3 Å². The van der Waals surface area contributed by atoms with Gasteiger partial charge >= 0.3 is 5.97 Å². The molecular weight excluding hydrogens is 256 g/mol. The van der Waals surface area contributed by atoms with E-state index < -0.39 is 21.8 Å². The van der Waals surface area contributed by atoms with E-state index in [1.165, 1.54) is 30.3 Å². The van der Waals surface area contributed by atoms with Crippen molar-refractivity contribution >= 4 is 21.6 Å². The molecule has 0 aliphatic heterocycles. The average molecular weight is 272 g/mol. The number of aliphatic carboxylic acids is 1. The molecule has 0 amide bonds. The second-order valence-electron chi connectivity index (χ2n) is 3.97. The molecule has 100 valence electrons. The van der Waals surface area contributed by atoms with Crippen molar-refractivity contribution in [2.45, 2.75) is 24.3 Å². The molecule has 1 aromatic heterocycles. The molecule has 18 heavy (non-hydrogen) atoms. The van der Waals surface area contributed by atoms with Gasteiger partial charge in [0.25, 0.3) is 0 Å². The molecule has 0 aliphatic carbocycles. The van der Waals surface area contributed by atoms with Crippen LogP contribution < -0.4 is 4.90 Å². The van der Waals surface area contributed by atoms with Crippen molar-refractivity contribution in [1.82, 2.24) is 4.98 Å². The number of hydrogen-bond donors (Lipinski definition) is 1. The molecule has 0 aromatic carbocycles. The summed E-state index contributed by atoms with van der Waals surface area (Å²) >= 11 is 0. The molecule has 0 spiro atoms. The monoisotopic (exact) mass is 272 g/mol. The van der Waals surface area contributed by atoms with Crippen LogP contribution in [0, 0.1) is 0 Å². The van der Waals surface area contributed by atoms with Crippen molar-refractivity contribution in [2.75, 3.05) is 18.2 Å². The smallest absolute Gasteiger partial charge is 0.326 e. The number of rotatable bonds is 5. The standard InChI is InChI=1S/C11H16N2O4S/c1-4-8(11(14)15)13(2)10-9(18(3,16)17)6-5-7-12-10/h5-8H,4H2,1-3H3,(H,14,15). The molecule has 7 heteroatoms. The van der Waals surface area contributed by atoms with E-state index in [4.69, 9.17) is 5.11 Å². The quantitative estimate of drug-likeness (QED) is 0.852. The third-order valence-corrected chi connectivity index (χ3v) is 3.74. The van der Waals surface area contributed by atoms with Gasteiger partial charge in [0.2, 0.25) is 0 Å². The maximum Gasteiger partial charge on any atom is 0.326 e. The van der Waals surface area contributed by atoms with E-state index in [2.05, 4.69) is 4.98 Å². The van der Waals surface area contributed by atoms with Gasteiger partial charge in [-0.1, -0.05) is 6.92 Å². The molecule has 0 fully saturated rings. The normalized spacial score (nSPS) is 13.1. The lowest BCUT2D eigenvalue weighted by atomic mass is 10.2. The zero-order valence-electron chi connectivity index (χ0n) is 10.5. The number of carboxylic acids is 1. The summed E-state index contributed by atoms with van der Waals surface area (Å²) in [5, 5.41) is 9.08. The van der Waals surface area contributed by atoms with E-state index in [0.29, 0.717) is 6.42 Å². The molecule has 6 nitrogen and oxygen atoms in total. The van der Waals surface area contributed by atoms with Crippen LogP contribution >= 0.6 is 0 Å². The fraction of sp³-hybridized carbons (Fsp3) is 0.455. The zero-order valence-corrected chi connectivity index (χ0v) is 11.3. The Kier molecular flexibility index (Phi) is 4.28. The molecule has 1 rings (SSSR count). The molecule has 0 saturated heterocycles. The lowest BCUT2D eigenvalue weighted by molar-refractivity contribution is -0.138. The number of carboxylic acid groups (broad SMARTS) is 1. The van der Waals surface area contributed by atoms with Crippen LogP contribution in [0.2, 0.25) is 0 Å². The second kappa shape index (κ2) is 5.34. The van der Waals surface area contributed by atoms with Crippen LogP contribution in [0.15, 0.2) is 23.2 Å². The molecule has 0 radical (unpaired) electrons. The maximum atomic E-state index is 11.6. The van der Waals surface area contributed by atoms with Crippen molar-refractivity contribution in [2.24, 2.45) is 0 Å². The Bertz CT molecular complexity index is 542. The minimum Gasteiger partial charge on any atom is -0.480 e. The van der Waals surface area contributed by atoms with Gasteiger partial charge in [-0.25, -0.2) is 18.2 Å². The highest BCUT2D eigenvalue weighted by molar-refractivity contribution is 7.90. The SMILES string of the molecule is CCC(C(=O)O)N(C)c1ncccc1S(C)(=O)=O. The third kappa shape index (κ3) is 2.98. The number of hydrogen-bond acceptors (Lipinski definition) is 5. The van der Waals surface area contributed by atoms with E-state index in [0.717, 1.165) is 6.26 Å². The summed E-state index contributed by atoms with van der Waals surface area (Å²) in [5.41, 5.74) is 0. The van der Waals surface area contributed by atoms with Crippen LogP contribution in [0.3, 0.4) is 0 Å². The molecule has 0 bridgehead atoms. The van der Waals surface area contributed by atoms with Gasteiger partial charge in [-0.15, -0.1) is 0 Å². The fourth-order valence-electron chi connectivity index (χ4n) is 1.70. The van der Waals surface area contributed by atoms with Gasteiger partial charge in [-0.2, -0.15) is 0 Å². The van der Waals surface area contributed by atoms with E-state index in [-0.39, 0.29) is 10.7 Å². The first-order chi connectivity index (χ1) is 8.29. The Morgan fingerprint density at radius 1 is 1.56 bits per heavy atom. The van der Waals surface area contributed by atoms with Gasteiger partial charge in [0, 0.05) is 19.5 Å². The lowest BCUT2D eigenvalue weighted by Gasteiger charge is -2.26. The van der Waals surface area contributed by atoms with Crippen molar-refractivity contribution in [3.05, 3.63) is 18.3 Å². The number of nitrogens with zero attached hydrogens (tertiary/aromatic N) is 2. The van der Waals surface area contributed by atoms with E-state index in [1.807, 2.05) is 0 Å². The number of pyridine rings is 1. The molecule has 0 saturated carbocycles. The molecule has 1 aromatic rings. The topological polar surface area (TPSA) is 87.6 Å². The van der Waals surface area contributed by atoms with Crippen LogP contribution in [0.25, 0.3) is 0 Å². The number of likely N-dealkylation sites (N-methyl/N-ethyl adjacent to an activating group) is 1. The highest BCUT2D eigenvalue weighted by Crippen LogP contribution is 2.23. The Morgan fingerprint density at radius 2 is 2.17 bits per heavy atom. The molecule has 1 unspecified atom stereocenters. The Balaban J connectivity index is 3.29. The average Bonchev–Trinajstić information content (AvgIpc) is 2.28. The minimum absolute atomic E-state index is 0.0344. The van der Waals surface area contributed by atoms with E-state index >= 15 is 0 Å². The van der Waals surface area contributed by atoms with Crippen molar-refractivity contribution in [3.63, 3.8) is 0 Å². The predicted octanol–water partition coefficient (Wildman–Crippen LogP) is 0.785. The van der Waals surface area contributed by atoms with Crippen LogP contribution in [0.5, 0.6) is 0 Å². The predicted molar refractivity (Wildman–Crippen MR) is 67.5 cm³/mol. The molecule has 1 N–H and O–H groups in total. The Hall–Kier alpha value is -1.63. The van der Waals surface area contributed by atoms with Gasteiger partial charge in [0.05, 0.1) is 0 Å². The molecule has 1 atom stereocenters. The summed E-state index contributed by atoms with van der Waals surface area (Å²) in [5.74, 6) is -0.848. The van der Waals surface area contributed by atoms with Crippen molar-refractivity contribution in [1.29, 1.82) is 0 Å². The van der Waals surface area contributed by atoms with Crippen molar-refractivity contribution < 1.29 is 18.3 Å². The number of aromatic nitrogens is 1. The van der Waals surface area contributed by atoms with Crippen LogP contribution in [0.4, 0.5) is 5.82 Å². The molecule has 0 aliphatic rings. The van der Waals surface area contributed by atoms with Gasteiger partial charge < -0.3 is 10.0 Å². The first-order valence-corrected chi connectivity index (χ1v) is 7.29. The van der Waals surface area contributed by atoms with E-state index in [1.54, 1.807) is 6.92 Å². The summed E-state index contributed by atoms with van der Waals surface area (Å²) < 4.78 is 23.2. The fourth-order valence-corrected chi connectivity index (χ4v) is 2.55. The van der Waals surface area contributed by atoms with Gasteiger partial charge in [0.15, 0.2) is 9.84 Å². The minimum atomic E-state index is -3.44. The molecule has 1 heterocycles. The second-order valence-corrected chi connectivity index (χ2v) is 5.95. The number of sulfone groups is 1. The number of carbonyl (C=O) groups is 1. The van der Waals surface area contributed by atoms with Crippen LogP contribution in [-0.2, 0) is 14.6 Å². The largest absolute Gasteiger partial charge is 0.480 e. The van der Waals surface area contributed by atoms with Crippen molar-refractivity contribution in [3.8, 4) is 0 Å². The highest BCUT2D eigenvalue weighted by atomic mass is 32.2. The van der Waals surface area contributed by atoms with Gasteiger partial charge in [-0.3, -0.25) is 0 Å². The number of anilines is 1. The lowest BCUT2D eigenvalue weighted by Crippen LogP contribution is -2.39. The summed E-state index contributed by atoms with van der Waals surface area (Å²) in [6.07, 6.45) is 2.86. The first kappa shape index (κ1) is 14.4. The third-order valence-electron chi connectivity index (χ3n) is 2.62. The van der Waals surface area contributed by atoms with E-state index in [9.17, 15) is 13.2 Å². The highest BCUT2D eigenvalue weighted by Gasteiger charge is 2.26. The zero-order chi connectivity index (χ0) is 13.9.